The van der Waals surface area contributed by atoms with Gasteiger partial charge in [0, 0.05) is 0 Å². The zero-order valence-electron chi connectivity index (χ0n) is 21.5. The Morgan fingerprint density at radius 1 is 1.16 bits per heavy atom. The van der Waals surface area contributed by atoms with E-state index in [1.165, 1.54) is 10.9 Å². The molecule has 230 valence electrons. The Labute approximate surface area is 244 Å². The minimum Gasteiger partial charge on any atom is -0.382 e. The van der Waals surface area contributed by atoms with Crippen molar-refractivity contribution in [3.05, 3.63) is 23.0 Å². The number of nitrogens with two attached hydrogens (primary N) is 2. The molecule has 6 N–H and O–H groups in total. The molecule has 23 heteroatoms. The third kappa shape index (κ3) is 4.78. The maximum Gasteiger partial charge on any atom is 0.325 e. The molecule has 4 aromatic rings. The van der Waals surface area contributed by atoms with E-state index in [9.17, 15) is 9.69 Å². The van der Waals surface area contributed by atoms with E-state index in [0.29, 0.717) is 0 Å². The quantitative estimate of drug-likeness (QED) is 0.210. The molecule has 3 unspecified atom stereocenters. The summed E-state index contributed by atoms with van der Waals surface area (Å²) >= 11 is 5.15. The predicted molar refractivity (Wildman–Crippen MR) is 147 cm³/mol. The zero-order chi connectivity index (χ0) is 30.3. The van der Waals surface area contributed by atoms with Crippen LogP contribution < -0.4 is 17.0 Å². The number of nitrogen functional groups attached to an aromatic ring is 2. The molecule has 0 aromatic carbocycles. The van der Waals surface area contributed by atoms with Crippen molar-refractivity contribution >= 4 is 61.2 Å². The van der Waals surface area contributed by atoms with Gasteiger partial charge in [-0.1, -0.05) is 5.21 Å². The molecule has 3 aliphatic heterocycles. The van der Waals surface area contributed by atoms with E-state index >= 15 is 13.2 Å². The predicted octanol–water partition coefficient (Wildman–Crippen LogP) is 0.214. The number of nitrogens with one attached hydrogen (secondary N) is 1. The number of aromatic nitrogens is 9. The maximum atomic E-state index is 16.0. The number of nitrogens with zero attached hydrogens (tertiary/aromatic N) is 8. The Bertz CT molecular complexity index is 1830. The summed E-state index contributed by atoms with van der Waals surface area (Å²) in [5.74, 6) is -5.25. The van der Waals surface area contributed by atoms with Crippen molar-refractivity contribution in [1.82, 2.24) is 44.5 Å². The number of hydrogen-bond donors (Lipinski definition) is 4. The highest BCUT2D eigenvalue weighted by atomic mass is 32.5. The molecule has 43 heavy (non-hydrogen) atoms. The first-order chi connectivity index (χ1) is 20.4. The van der Waals surface area contributed by atoms with Crippen LogP contribution in [0.15, 0.2) is 17.4 Å². The lowest BCUT2D eigenvalue weighted by atomic mass is 9.99. The largest absolute Gasteiger partial charge is 0.382 e. The summed E-state index contributed by atoms with van der Waals surface area (Å²) in [4.78, 5) is 41.3. The van der Waals surface area contributed by atoms with Crippen LogP contribution in [0, 0.1) is 5.92 Å². The summed E-state index contributed by atoms with van der Waals surface area (Å²) in [5, 5.41) is 7.59. The van der Waals surface area contributed by atoms with E-state index in [-0.39, 0.29) is 55.0 Å². The van der Waals surface area contributed by atoms with Crippen LogP contribution in [-0.4, -0.2) is 98.7 Å². The standard InChI is InChI=1S/C20H22F3N11O6P2S/c21-9-8-3-41-2-6-7(39-18(20(6,22)23)34-14-10(31-32-34)13(24)26-4-27-14)1-37-42(36,43)40-12(9)17(38-8)33-5-28-11-15(33)29-19(25)30-16(11)35/h4-9,12,17-18,41H,1-3H2,(H,36,43)(H2,24,26,27)(H3,25,29,30,35)/t6-,7-,8?,9-,12-,17-,18-,42?/m1/s1. The van der Waals surface area contributed by atoms with Crippen molar-refractivity contribution in [3.63, 3.8) is 0 Å². The number of ether oxygens (including phenoxy) is 2. The molecule has 0 aliphatic carbocycles. The highest BCUT2D eigenvalue weighted by Gasteiger charge is 2.61. The molecular formula is C20H22F3N11O6P2S. The molecule has 3 aliphatic rings. The van der Waals surface area contributed by atoms with Gasteiger partial charge in [0.15, 0.2) is 40.5 Å². The van der Waals surface area contributed by atoms with Gasteiger partial charge in [-0.3, -0.25) is 18.9 Å². The van der Waals surface area contributed by atoms with Gasteiger partial charge < -0.3 is 30.4 Å². The number of halogens is 3. The molecule has 0 radical (unpaired) electrons. The maximum absolute atomic E-state index is 16.0. The van der Waals surface area contributed by atoms with E-state index in [1.807, 2.05) is 0 Å². The summed E-state index contributed by atoms with van der Waals surface area (Å²) in [5.41, 5.74) is 10.7. The Balaban J connectivity index is 1.19. The monoisotopic (exact) mass is 663 g/mol. The highest BCUT2D eigenvalue weighted by molar-refractivity contribution is 8.07. The lowest BCUT2D eigenvalue weighted by Crippen LogP contribution is -2.37. The first-order valence-corrected chi connectivity index (χ1v) is 16.7. The van der Waals surface area contributed by atoms with Crippen molar-refractivity contribution in [2.75, 3.05) is 30.4 Å². The van der Waals surface area contributed by atoms with Crippen molar-refractivity contribution < 1.29 is 36.6 Å². The second kappa shape index (κ2) is 10.3. The van der Waals surface area contributed by atoms with Gasteiger partial charge in [0.2, 0.25) is 12.2 Å². The number of imidazole rings is 1. The van der Waals surface area contributed by atoms with E-state index in [2.05, 4.69) is 35.2 Å². The molecule has 9 atom stereocenters. The summed E-state index contributed by atoms with van der Waals surface area (Å²) in [6.07, 6.45) is -6.84. The van der Waals surface area contributed by atoms with Gasteiger partial charge in [-0.05, 0) is 24.1 Å². The molecule has 4 aromatic heterocycles. The molecule has 7 rings (SSSR count). The van der Waals surface area contributed by atoms with E-state index in [0.717, 1.165) is 11.0 Å². The molecule has 3 saturated heterocycles. The molecular weight excluding hydrogens is 641 g/mol. The fraction of sp³-hybridized carbons (Fsp3) is 0.550. The fourth-order valence-corrected chi connectivity index (χ4v) is 8.45. The summed E-state index contributed by atoms with van der Waals surface area (Å²) in [6, 6.07) is 0. The van der Waals surface area contributed by atoms with Crippen LogP contribution in [0.4, 0.5) is 24.9 Å². The highest BCUT2D eigenvalue weighted by Crippen LogP contribution is 2.54. The summed E-state index contributed by atoms with van der Waals surface area (Å²) < 4.78 is 72.6. The fourth-order valence-electron chi connectivity index (χ4n) is 5.42. The zero-order valence-corrected chi connectivity index (χ0v) is 24.2. The van der Waals surface area contributed by atoms with Crippen molar-refractivity contribution in [1.29, 1.82) is 0 Å². The Hall–Kier alpha value is -2.90. The summed E-state index contributed by atoms with van der Waals surface area (Å²) in [6.45, 7) is -4.88. The third-order valence-corrected chi connectivity index (χ3v) is 10.4. The Morgan fingerprint density at radius 3 is 2.79 bits per heavy atom. The number of fused-ring (bicyclic) bond motifs is 5. The van der Waals surface area contributed by atoms with Gasteiger partial charge in [-0.15, -0.1) is 13.7 Å². The smallest absolute Gasteiger partial charge is 0.325 e. The second-order valence-electron chi connectivity index (χ2n) is 10.1. The van der Waals surface area contributed by atoms with Crippen LogP contribution in [0.3, 0.4) is 0 Å². The molecule has 0 spiro atoms. The van der Waals surface area contributed by atoms with Crippen LogP contribution in [0.1, 0.15) is 12.5 Å². The van der Waals surface area contributed by atoms with Gasteiger partial charge >= 0.3 is 6.72 Å². The number of anilines is 2. The molecule has 0 amide bonds. The van der Waals surface area contributed by atoms with Crippen molar-refractivity contribution in [2.45, 2.75) is 42.9 Å². The molecule has 7 heterocycles. The van der Waals surface area contributed by atoms with Gasteiger partial charge in [0.25, 0.3) is 11.5 Å². The Morgan fingerprint density at radius 2 is 1.98 bits per heavy atom. The van der Waals surface area contributed by atoms with Crippen LogP contribution in [0.2, 0.25) is 0 Å². The van der Waals surface area contributed by atoms with Crippen LogP contribution in [0.5, 0.6) is 0 Å². The molecule has 2 bridgehead atoms. The van der Waals surface area contributed by atoms with Gasteiger partial charge in [-0.25, -0.2) is 28.1 Å². The topological polar surface area (TPSA) is 229 Å². The first kappa shape index (κ1) is 28.8. The van der Waals surface area contributed by atoms with Crippen molar-refractivity contribution in [2.24, 2.45) is 5.92 Å². The number of aromatic amines is 1. The molecule has 17 nitrogen and oxygen atoms in total. The van der Waals surface area contributed by atoms with Crippen molar-refractivity contribution in [3.8, 4) is 0 Å². The SMILES string of the molecule is Nc1nc2c(ncn2[C@@H]2OC3CPC[C@@H]4[C@@H](COP(O)(=S)O[C@@H]2[C@@H]3F)O[C@@H](n2nnc3c(N)ncnc32)C4(F)F)c(=O)[nH]1. The normalized spacial score (nSPS) is 35.2. The minimum atomic E-state index is -4.28. The van der Waals surface area contributed by atoms with Crippen LogP contribution in [0.25, 0.3) is 22.3 Å². The average molecular weight is 663 g/mol. The number of rotatable bonds is 2. The van der Waals surface area contributed by atoms with E-state index in [1.54, 1.807) is 0 Å². The van der Waals surface area contributed by atoms with E-state index in [4.69, 9.17) is 41.8 Å². The van der Waals surface area contributed by atoms with Crippen LogP contribution >= 0.6 is 15.3 Å². The average Bonchev–Trinajstić information content (AvgIpc) is 3.68. The Kier molecular flexibility index (Phi) is 6.93. The summed E-state index contributed by atoms with van der Waals surface area (Å²) in [7, 11) is -0.213. The van der Waals surface area contributed by atoms with Gasteiger partial charge in [-0.2, -0.15) is 9.67 Å². The minimum absolute atomic E-state index is 0.0205. The lowest BCUT2D eigenvalue weighted by molar-refractivity contribution is -0.128. The van der Waals surface area contributed by atoms with Crippen LogP contribution in [-0.2, 0) is 30.3 Å². The number of hydrogen-bond acceptors (Lipinski definition) is 14. The second-order valence-corrected chi connectivity index (χ2v) is 14.2. The number of H-pyrrole nitrogens is 1. The molecule has 0 saturated carbocycles. The molecule has 3 fully saturated rings. The lowest BCUT2D eigenvalue weighted by Gasteiger charge is -2.28. The third-order valence-electron chi connectivity index (χ3n) is 7.44. The van der Waals surface area contributed by atoms with E-state index < -0.39 is 67.7 Å². The van der Waals surface area contributed by atoms with Gasteiger partial charge in [0.1, 0.15) is 12.4 Å². The first-order valence-electron chi connectivity index (χ1n) is 12.7. The number of alkyl halides is 3. The van der Waals surface area contributed by atoms with Gasteiger partial charge in [0.05, 0.1) is 31.1 Å².